The second-order valence-electron chi connectivity index (χ2n) is 16.0. The van der Waals surface area contributed by atoms with Crippen molar-refractivity contribution in [2.24, 2.45) is 40.5 Å². The van der Waals surface area contributed by atoms with E-state index in [2.05, 4.69) is 62.7 Å². The summed E-state index contributed by atoms with van der Waals surface area (Å²) in [5.74, 6) is -1.14. The Morgan fingerprint density at radius 3 is 1.29 bits per heavy atom. The van der Waals surface area contributed by atoms with Crippen LogP contribution in [0.2, 0.25) is 0 Å². The molecule has 7 amide bonds. The number of aliphatic hydroxyl groups is 1. The third-order valence-electron chi connectivity index (χ3n) is 10.9. The molecule has 4 aliphatic rings. The number of nitrogens with zero attached hydrogens (tertiary/aromatic N) is 3. The molecule has 4 heterocycles. The number of carbonyl (C=O) groups excluding carboxylic acids is 8. The first-order chi connectivity index (χ1) is 30.6. The molecule has 0 aromatic carbocycles. The molecule has 2 saturated heterocycles. The fraction of sp³-hybridized carbons (Fsp3) is 0.745. The number of carbonyl (C=O) groups is 8. The van der Waals surface area contributed by atoms with E-state index < -0.39 is 48.2 Å². The predicted molar refractivity (Wildman–Crippen MR) is 285 cm³/mol. The topological polar surface area (TPSA) is 306 Å². The van der Waals surface area contributed by atoms with Gasteiger partial charge >= 0.3 is 56.5 Å². The molecule has 18 nitrogen and oxygen atoms in total. The molecule has 0 aromatic rings. The molecular formula is C47H90I3N8O10-. The van der Waals surface area contributed by atoms with Crippen LogP contribution >= 0.6 is 37.2 Å². The van der Waals surface area contributed by atoms with Crippen molar-refractivity contribution in [2.75, 3.05) is 19.6 Å². The van der Waals surface area contributed by atoms with Crippen molar-refractivity contribution in [3.63, 3.8) is 0 Å². The number of rotatable bonds is 19. The van der Waals surface area contributed by atoms with Crippen molar-refractivity contribution < 1.29 is 61.5 Å². The van der Waals surface area contributed by atoms with Crippen LogP contribution in [0.25, 0.3) is 0 Å². The van der Waals surface area contributed by atoms with Crippen molar-refractivity contribution in [1.29, 1.82) is 0 Å². The Hall–Kier alpha value is -2.65. The van der Waals surface area contributed by atoms with E-state index in [0.29, 0.717) is 88.8 Å². The molecule has 0 aliphatic carbocycles. The molecule has 0 aromatic heterocycles. The molecule has 4 rings (SSSR count). The van der Waals surface area contributed by atoms with Gasteiger partial charge in [-0.2, -0.15) is 0 Å². The monoisotopic (exact) mass is 1310 g/mol. The van der Waals surface area contributed by atoms with E-state index in [9.17, 15) is 38.4 Å². The first-order valence-corrected chi connectivity index (χ1v) is 35.2. The second-order valence-corrected chi connectivity index (χ2v) is 32.3. The summed E-state index contributed by atoms with van der Waals surface area (Å²) >= 11 is 5.30. The van der Waals surface area contributed by atoms with Crippen LogP contribution < -0.4 is 41.9 Å². The van der Waals surface area contributed by atoms with E-state index in [4.69, 9.17) is 33.8 Å². The van der Waals surface area contributed by atoms with Gasteiger partial charge in [0, 0.05) is 50.2 Å². The molecular weight excluding hydrogens is 1220 g/mol. The van der Waals surface area contributed by atoms with Crippen LogP contribution in [0.1, 0.15) is 168 Å². The van der Waals surface area contributed by atoms with Gasteiger partial charge in [0.2, 0.25) is 47.6 Å². The number of esters is 1. The van der Waals surface area contributed by atoms with Crippen LogP contribution in [0.3, 0.4) is 0 Å². The Bertz CT molecular complexity index is 1510. The second kappa shape index (κ2) is 42.1. The molecule has 11 N–H and O–H groups in total. The molecule has 68 heavy (non-hydrogen) atoms. The summed E-state index contributed by atoms with van der Waals surface area (Å²) in [5.41, 5.74) is 27.5. The van der Waals surface area contributed by atoms with Crippen LogP contribution in [-0.4, -0.2) is 117 Å². The number of likely N-dealkylation sites (tertiary alicyclic amines) is 2. The van der Waals surface area contributed by atoms with Gasteiger partial charge in [-0.15, -0.1) is 0 Å². The van der Waals surface area contributed by atoms with Crippen molar-refractivity contribution in [2.45, 2.75) is 198 Å². The van der Waals surface area contributed by atoms with Gasteiger partial charge in [-0.1, -0.05) is 103 Å². The van der Waals surface area contributed by atoms with Crippen LogP contribution in [0, 0.1) is 11.8 Å². The summed E-state index contributed by atoms with van der Waals surface area (Å²) in [6, 6.07) is -1.72. The number of halogens is 3. The van der Waals surface area contributed by atoms with Crippen LogP contribution in [0.4, 0.5) is 0 Å². The van der Waals surface area contributed by atoms with Gasteiger partial charge in [0.15, 0.2) is 0 Å². The Morgan fingerprint density at radius 2 is 1.03 bits per heavy atom. The van der Waals surface area contributed by atoms with E-state index in [1.807, 2.05) is 34.6 Å². The first-order valence-electron chi connectivity index (χ1n) is 22.6. The zero-order valence-corrected chi connectivity index (χ0v) is 46.2. The summed E-state index contributed by atoms with van der Waals surface area (Å²) in [6.45, 7) is 17.7. The summed E-state index contributed by atoms with van der Waals surface area (Å²) in [4.78, 5) is 93.8. The fourth-order valence-electron chi connectivity index (χ4n) is 7.61. The van der Waals surface area contributed by atoms with Crippen molar-refractivity contribution in [1.82, 2.24) is 14.7 Å². The average molecular weight is 1310 g/mol. The Labute approximate surface area is 438 Å². The molecule has 0 spiro atoms. The van der Waals surface area contributed by atoms with Crippen molar-refractivity contribution in [3.05, 3.63) is 23.3 Å². The zero-order valence-electron chi connectivity index (χ0n) is 39.7. The SMILES string of the molecule is C.C.C.CCCC1=CC(=O)N([C@@H](CC)C(N)=O)C1.CCCC1=CC(=O)OC1O.CCC[C@@H]1CC(=O)N([C@@H](CC)C(N)=O)C1.CCC[C@H]1CC(=O)N([C@@H](CC)C(N)=O)C1.CC[C@H](N)C(N)=O.I[I-]I. The average Bonchev–Trinajstić information content (AvgIpc) is 3.98. The molecule has 400 valence electrons. The quantitative estimate of drug-likeness (QED) is 0.0807. The fourth-order valence-corrected chi connectivity index (χ4v) is 7.61. The number of primary amides is 4. The van der Waals surface area contributed by atoms with E-state index >= 15 is 0 Å². The first kappa shape index (κ1) is 74.3. The number of ether oxygens (including phenoxy) is 1. The van der Waals surface area contributed by atoms with E-state index in [-0.39, 0.29) is 51.8 Å². The summed E-state index contributed by atoms with van der Waals surface area (Å²) in [5, 5.41) is 8.98. The standard InChI is InChI=1S/2C11H20N2O2.C11H18N2O2.C7H10O3.C4H10N2O.3CH4.I3/c3*1-3-5-8-6-10(14)13(7-8)9(4-2)11(12)15;1-2-3-5-4-6(8)10-7(5)9;1-2-3(5)4(6)7;;;;1-3-2/h2*8-9H,3-7H2,1-2H3,(H2,12,15);6,9H,3-5,7H2,1-2H3,(H2,12,15);4,7,9H,2-3H2,1H3;3H,2,5H2,1H3,(H2,6,7);3*1H4;/q;;;;;;;;-1/t8-,9+;8-,9-;9-;;3-;;;;/m100.0..../s1. The van der Waals surface area contributed by atoms with Gasteiger partial charge in [-0.3, -0.25) is 33.6 Å². The normalized spacial score (nSPS) is 19.5. The molecule has 0 saturated carbocycles. The Kier molecular flexibility index (Phi) is 46.0. The molecule has 0 bridgehead atoms. The number of amides is 7. The van der Waals surface area contributed by atoms with Crippen LogP contribution in [0.15, 0.2) is 23.3 Å². The molecule has 2 fully saturated rings. The van der Waals surface area contributed by atoms with Gasteiger partial charge < -0.3 is 53.2 Å². The van der Waals surface area contributed by atoms with Gasteiger partial charge in [0.1, 0.15) is 18.1 Å². The third-order valence-corrected chi connectivity index (χ3v) is 10.9. The third kappa shape index (κ3) is 28.3. The molecule has 4 aliphatic heterocycles. The maximum atomic E-state index is 11.7. The number of cyclic esters (lactones) is 1. The summed E-state index contributed by atoms with van der Waals surface area (Å²) < 4.78 is 4.45. The summed E-state index contributed by atoms with van der Waals surface area (Å²) in [6.07, 6.45) is 13.4. The predicted octanol–water partition coefficient (Wildman–Crippen LogP) is 3.10. The molecule has 7 atom stereocenters. The van der Waals surface area contributed by atoms with Crippen LogP contribution in [-0.2, 0) is 43.1 Å². The van der Waals surface area contributed by atoms with Crippen molar-refractivity contribution >= 4 is 84.6 Å². The number of hydrogen-bond donors (Lipinski definition) is 6. The van der Waals surface area contributed by atoms with Gasteiger partial charge in [0.05, 0.1) is 6.04 Å². The maximum absolute atomic E-state index is 11.7. The molecule has 1 unspecified atom stereocenters. The van der Waals surface area contributed by atoms with Gasteiger partial charge in [0.25, 0.3) is 0 Å². The Morgan fingerprint density at radius 1 is 0.647 bits per heavy atom. The van der Waals surface area contributed by atoms with Gasteiger partial charge in [-0.25, -0.2) is 4.79 Å². The zero-order chi connectivity index (χ0) is 50.4. The van der Waals surface area contributed by atoms with E-state index in [1.165, 1.54) is 6.08 Å². The minimum absolute atomic E-state index is 0. The van der Waals surface area contributed by atoms with Crippen LogP contribution in [0.5, 0.6) is 0 Å². The molecule has 21 heteroatoms. The van der Waals surface area contributed by atoms with Crippen molar-refractivity contribution in [3.8, 4) is 0 Å². The number of hydrogen-bond acceptors (Lipinski definition) is 11. The summed E-state index contributed by atoms with van der Waals surface area (Å²) in [7, 11) is 0. The number of nitrogens with two attached hydrogens (primary N) is 5. The Balaban J connectivity index is -0.000000242. The number of aliphatic hydroxyl groups excluding tert-OH is 1. The molecule has 0 radical (unpaired) electrons. The van der Waals surface area contributed by atoms with Gasteiger partial charge in [-0.05, 0) is 68.8 Å². The van der Waals surface area contributed by atoms with E-state index in [1.54, 1.807) is 20.8 Å². The van der Waals surface area contributed by atoms with E-state index in [0.717, 1.165) is 56.9 Å². The minimum atomic E-state index is -0.979.